The number of piperidine rings is 1. The predicted octanol–water partition coefficient (Wildman–Crippen LogP) is 2.97. The Morgan fingerprint density at radius 3 is 2.41 bits per heavy atom. The molecule has 2 N–H and O–H groups in total. The lowest BCUT2D eigenvalue weighted by Gasteiger charge is -2.42. The minimum Gasteiger partial charge on any atom is -0.330 e. The molecule has 2 heteroatoms. The molecule has 1 rings (SSSR count). The van der Waals surface area contributed by atoms with E-state index < -0.39 is 0 Å². The van der Waals surface area contributed by atoms with Crippen molar-refractivity contribution in [3.8, 4) is 0 Å². The smallest absolute Gasteiger partial charge is 0.00929 e. The third kappa shape index (κ3) is 4.59. The zero-order chi connectivity index (χ0) is 13.0. The van der Waals surface area contributed by atoms with E-state index in [2.05, 4.69) is 39.5 Å². The van der Waals surface area contributed by atoms with E-state index in [4.69, 9.17) is 5.73 Å². The molecule has 0 amide bonds. The van der Waals surface area contributed by atoms with Gasteiger partial charge >= 0.3 is 0 Å². The van der Waals surface area contributed by atoms with Gasteiger partial charge in [0.2, 0.25) is 0 Å². The number of hydrogen-bond donors (Lipinski definition) is 1. The summed E-state index contributed by atoms with van der Waals surface area (Å²) < 4.78 is 0. The molecule has 0 bridgehead atoms. The quantitative estimate of drug-likeness (QED) is 0.800. The van der Waals surface area contributed by atoms with E-state index in [0.717, 1.165) is 30.3 Å². The van der Waals surface area contributed by atoms with Gasteiger partial charge in [-0.1, -0.05) is 27.7 Å². The summed E-state index contributed by atoms with van der Waals surface area (Å²) in [6, 6.07) is 0.729. The van der Waals surface area contributed by atoms with Crippen LogP contribution < -0.4 is 5.73 Å². The van der Waals surface area contributed by atoms with Crippen LogP contribution in [0.5, 0.6) is 0 Å². The van der Waals surface area contributed by atoms with Crippen molar-refractivity contribution in [3.63, 3.8) is 0 Å². The van der Waals surface area contributed by atoms with Gasteiger partial charge in [0, 0.05) is 19.1 Å². The normalized spacial score (nSPS) is 33.0. The fraction of sp³-hybridized carbons (Fsp3) is 1.00. The van der Waals surface area contributed by atoms with E-state index >= 15 is 0 Å². The Balaban J connectivity index is 2.52. The van der Waals surface area contributed by atoms with Crippen LogP contribution in [0.15, 0.2) is 0 Å². The summed E-state index contributed by atoms with van der Waals surface area (Å²) in [7, 11) is 0. The highest BCUT2D eigenvalue weighted by Gasteiger charge is 2.29. The molecule has 0 aromatic rings. The number of rotatable bonds is 5. The standard InChI is InChI=1S/C15H32N2/c1-11(2)6-15(8-16)10-17-9-12(3)7-13(4)14(17)5/h11-15H,6-10,16H2,1-5H3. The fourth-order valence-electron chi connectivity index (χ4n) is 3.32. The molecule has 0 radical (unpaired) electrons. The average molecular weight is 240 g/mol. The summed E-state index contributed by atoms with van der Waals surface area (Å²) in [6.07, 6.45) is 2.65. The van der Waals surface area contributed by atoms with Crippen LogP contribution in [-0.2, 0) is 0 Å². The molecule has 0 aromatic heterocycles. The predicted molar refractivity (Wildman–Crippen MR) is 76.0 cm³/mol. The van der Waals surface area contributed by atoms with Gasteiger partial charge in [-0.05, 0) is 50.0 Å². The fourth-order valence-corrected chi connectivity index (χ4v) is 3.32. The van der Waals surface area contributed by atoms with Gasteiger partial charge in [-0.2, -0.15) is 0 Å². The van der Waals surface area contributed by atoms with Crippen molar-refractivity contribution < 1.29 is 0 Å². The van der Waals surface area contributed by atoms with Crippen molar-refractivity contribution in [1.29, 1.82) is 0 Å². The SMILES string of the molecule is CC(C)CC(CN)CN1CC(C)CC(C)C1C. The molecular formula is C15H32N2. The Labute approximate surface area is 108 Å². The Morgan fingerprint density at radius 2 is 1.88 bits per heavy atom. The van der Waals surface area contributed by atoms with Gasteiger partial charge in [-0.15, -0.1) is 0 Å². The third-order valence-corrected chi connectivity index (χ3v) is 4.35. The number of likely N-dealkylation sites (tertiary alicyclic amines) is 1. The topological polar surface area (TPSA) is 29.3 Å². The summed E-state index contributed by atoms with van der Waals surface area (Å²) in [4.78, 5) is 2.68. The third-order valence-electron chi connectivity index (χ3n) is 4.35. The van der Waals surface area contributed by atoms with Gasteiger partial charge in [0.05, 0.1) is 0 Å². The van der Waals surface area contributed by atoms with E-state index in [0.29, 0.717) is 5.92 Å². The summed E-state index contributed by atoms with van der Waals surface area (Å²) in [5.41, 5.74) is 5.93. The Hall–Kier alpha value is -0.0800. The van der Waals surface area contributed by atoms with Crippen molar-refractivity contribution in [1.82, 2.24) is 4.90 Å². The van der Waals surface area contributed by atoms with Gasteiger partial charge in [0.1, 0.15) is 0 Å². The Morgan fingerprint density at radius 1 is 1.24 bits per heavy atom. The first-order valence-corrected chi connectivity index (χ1v) is 7.38. The van der Waals surface area contributed by atoms with Crippen molar-refractivity contribution in [2.45, 2.75) is 53.5 Å². The van der Waals surface area contributed by atoms with Gasteiger partial charge in [0.15, 0.2) is 0 Å². The lowest BCUT2D eigenvalue weighted by atomic mass is 9.85. The first-order chi connectivity index (χ1) is 7.93. The molecular weight excluding hydrogens is 208 g/mol. The van der Waals surface area contributed by atoms with Crippen molar-refractivity contribution in [2.75, 3.05) is 19.6 Å². The number of hydrogen-bond acceptors (Lipinski definition) is 2. The molecule has 1 saturated heterocycles. The summed E-state index contributed by atoms with van der Waals surface area (Å²) in [6.45, 7) is 15.1. The summed E-state index contributed by atoms with van der Waals surface area (Å²) in [5, 5.41) is 0. The monoisotopic (exact) mass is 240 g/mol. The highest BCUT2D eigenvalue weighted by molar-refractivity contribution is 4.83. The van der Waals surface area contributed by atoms with E-state index in [1.807, 2.05) is 0 Å². The van der Waals surface area contributed by atoms with E-state index in [-0.39, 0.29) is 0 Å². The summed E-state index contributed by atoms with van der Waals surface area (Å²) in [5.74, 6) is 3.11. The van der Waals surface area contributed by atoms with Crippen LogP contribution in [0.3, 0.4) is 0 Å². The van der Waals surface area contributed by atoms with Crippen LogP contribution in [0.4, 0.5) is 0 Å². The van der Waals surface area contributed by atoms with E-state index in [9.17, 15) is 0 Å². The van der Waals surface area contributed by atoms with Crippen LogP contribution in [0.25, 0.3) is 0 Å². The molecule has 0 aliphatic carbocycles. The minimum absolute atomic E-state index is 0.676. The minimum atomic E-state index is 0.676. The molecule has 0 spiro atoms. The molecule has 17 heavy (non-hydrogen) atoms. The van der Waals surface area contributed by atoms with Crippen LogP contribution in [0.1, 0.15) is 47.5 Å². The van der Waals surface area contributed by atoms with Gasteiger partial charge in [0.25, 0.3) is 0 Å². The van der Waals surface area contributed by atoms with E-state index in [1.165, 1.54) is 25.9 Å². The average Bonchev–Trinajstić information content (AvgIpc) is 2.23. The first-order valence-electron chi connectivity index (χ1n) is 7.38. The molecule has 0 saturated carbocycles. The summed E-state index contributed by atoms with van der Waals surface area (Å²) >= 11 is 0. The van der Waals surface area contributed by atoms with Crippen molar-refractivity contribution >= 4 is 0 Å². The Kier molecular flexibility index (Phi) is 5.94. The van der Waals surface area contributed by atoms with Crippen molar-refractivity contribution in [3.05, 3.63) is 0 Å². The molecule has 1 aliphatic heterocycles. The highest BCUT2D eigenvalue weighted by atomic mass is 15.2. The molecule has 0 aromatic carbocycles. The van der Waals surface area contributed by atoms with Crippen LogP contribution in [0, 0.1) is 23.7 Å². The van der Waals surface area contributed by atoms with Gasteiger partial charge in [-0.3, -0.25) is 4.90 Å². The largest absolute Gasteiger partial charge is 0.330 e. The maximum atomic E-state index is 5.93. The molecule has 4 atom stereocenters. The van der Waals surface area contributed by atoms with E-state index in [1.54, 1.807) is 0 Å². The maximum Gasteiger partial charge on any atom is 0.00929 e. The van der Waals surface area contributed by atoms with Crippen LogP contribution in [-0.4, -0.2) is 30.6 Å². The zero-order valence-corrected chi connectivity index (χ0v) is 12.4. The molecule has 1 aliphatic rings. The molecule has 1 fully saturated rings. The zero-order valence-electron chi connectivity index (χ0n) is 12.4. The molecule has 2 nitrogen and oxygen atoms in total. The highest BCUT2D eigenvalue weighted by Crippen LogP contribution is 2.28. The molecule has 4 unspecified atom stereocenters. The lowest BCUT2D eigenvalue weighted by molar-refractivity contribution is 0.0626. The van der Waals surface area contributed by atoms with Gasteiger partial charge < -0.3 is 5.73 Å². The molecule has 1 heterocycles. The lowest BCUT2D eigenvalue weighted by Crippen LogP contribution is -2.48. The first kappa shape index (κ1) is 15.0. The van der Waals surface area contributed by atoms with Crippen LogP contribution >= 0.6 is 0 Å². The van der Waals surface area contributed by atoms with Gasteiger partial charge in [-0.25, -0.2) is 0 Å². The number of nitrogens with two attached hydrogens (primary N) is 1. The second-order valence-corrected chi connectivity index (χ2v) is 6.74. The second-order valence-electron chi connectivity index (χ2n) is 6.74. The second kappa shape index (κ2) is 6.75. The Bertz CT molecular complexity index is 215. The van der Waals surface area contributed by atoms with Crippen molar-refractivity contribution in [2.24, 2.45) is 29.4 Å². The number of nitrogens with zero attached hydrogens (tertiary/aromatic N) is 1. The van der Waals surface area contributed by atoms with Crippen LogP contribution in [0.2, 0.25) is 0 Å². The maximum absolute atomic E-state index is 5.93. The molecule has 102 valence electrons.